The number of fused-ring (bicyclic) bond motifs is 1. The van der Waals surface area contributed by atoms with Crippen LogP contribution in [0.15, 0.2) is 71.6 Å². The van der Waals surface area contributed by atoms with Crippen molar-refractivity contribution in [3.8, 4) is 0 Å². The second kappa shape index (κ2) is 9.18. The maximum absolute atomic E-state index is 13.7. The Morgan fingerprint density at radius 1 is 0.971 bits per heavy atom. The predicted octanol–water partition coefficient (Wildman–Crippen LogP) is 5.54. The van der Waals surface area contributed by atoms with Crippen molar-refractivity contribution in [2.75, 3.05) is 11.9 Å². The summed E-state index contributed by atoms with van der Waals surface area (Å²) in [4.78, 5) is 20.5. The molecular formula is C27H27N3O3S2. The molecule has 6 nitrogen and oxygen atoms in total. The second-order valence-corrected chi connectivity index (χ2v) is 12.0. The molecule has 0 N–H and O–H groups in total. The number of anilines is 1. The number of aromatic nitrogens is 1. The molecule has 3 aromatic carbocycles. The number of carbonyl (C=O) groups is 1. The highest BCUT2D eigenvalue weighted by Gasteiger charge is 2.35. The number of sulfonamides is 1. The van der Waals surface area contributed by atoms with Crippen LogP contribution in [0.3, 0.4) is 0 Å². The van der Waals surface area contributed by atoms with Crippen molar-refractivity contribution in [1.29, 1.82) is 0 Å². The molecule has 8 heteroatoms. The first kappa shape index (κ1) is 23.7. The largest absolute Gasteiger partial charge is 0.279 e. The van der Waals surface area contributed by atoms with Gasteiger partial charge in [0.25, 0.3) is 5.91 Å². The Kier molecular flexibility index (Phi) is 6.21. The van der Waals surface area contributed by atoms with Gasteiger partial charge in [0.05, 0.1) is 21.7 Å². The monoisotopic (exact) mass is 505 g/mol. The Bertz CT molecular complexity index is 1450. The molecule has 0 atom stereocenters. The smallest absolute Gasteiger partial charge is 0.260 e. The molecule has 1 aromatic heterocycles. The lowest BCUT2D eigenvalue weighted by Crippen LogP contribution is -2.31. The molecular weight excluding hydrogens is 478 g/mol. The Morgan fingerprint density at radius 2 is 1.63 bits per heavy atom. The van der Waals surface area contributed by atoms with E-state index in [0.29, 0.717) is 17.2 Å². The summed E-state index contributed by atoms with van der Waals surface area (Å²) in [6.45, 7) is 4.43. The van der Waals surface area contributed by atoms with E-state index in [-0.39, 0.29) is 16.8 Å². The van der Waals surface area contributed by atoms with Crippen LogP contribution < -0.4 is 4.90 Å². The summed E-state index contributed by atoms with van der Waals surface area (Å²) in [5.74, 6) is -0.220. The first-order valence-corrected chi connectivity index (χ1v) is 13.8. The fraction of sp³-hybridized carbons (Fsp3) is 0.259. The van der Waals surface area contributed by atoms with Crippen LogP contribution in [-0.2, 0) is 16.6 Å². The van der Waals surface area contributed by atoms with Gasteiger partial charge >= 0.3 is 0 Å². The van der Waals surface area contributed by atoms with Crippen LogP contribution in [0, 0.1) is 13.8 Å². The van der Waals surface area contributed by atoms with Gasteiger partial charge in [0.1, 0.15) is 0 Å². The van der Waals surface area contributed by atoms with Gasteiger partial charge in [0.2, 0.25) is 10.0 Å². The molecule has 0 bridgehead atoms. The molecule has 4 aromatic rings. The summed E-state index contributed by atoms with van der Waals surface area (Å²) in [6.07, 6.45) is 1.78. The number of aryl methyl sites for hydroxylation is 2. The molecule has 0 saturated heterocycles. The summed E-state index contributed by atoms with van der Waals surface area (Å²) < 4.78 is 28.2. The van der Waals surface area contributed by atoms with Gasteiger partial charge in [0, 0.05) is 18.7 Å². The molecule has 1 aliphatic carbocycles. The molecule has 0 aliphatic heterocycles. The van der Waals surface area contributed by atoms with Gasteiger partial charge in [-0.1, -0.05) is 53.8 Å². The van der Waals surface area contributed by atoms with Crippen LogP contribution in [-0.4, -0.2) is 36.7 Å². The zero-order chi connectivity index (χ0) is 24.7. The lowest BCUT2D eigenvalue weighted by atomic mass is 10.1. The van der Waals surface area contributed by atoms with E-state index >= 15 is 0 Å². The highest BCUT2D eigenvalue weighted by atomic mass is 32.2. The van der Waals surface area contributed by atoms with Crippen molar-refractivity contribution >= 4 is 42.6 Å². The summed E-state index contributed by atoms with van der Waals surface area (Å²) in [5, 5.41) is 0.622. The first-order chi connectivity index (χ1) is 16.8. The standard InChI is InChI=1S/C27H27N3O3S2/c1-18-9-10-19(2)25-24(18)28-27(34-25)30(17-20-7-5-4-6-8-20)26(31)21-11-15-23(16-12-21)35(32,33)29(3)22-13-14-22/h4-12,15-16,22H,13-14,17H2,1-3H3. The number of rotatable bonds is 7. The van der Waals surface area contributed by atoms with E-state index in [1.165, 1.54) is 27.8 Å². The second-order valence-electron chi connectivity index (χ2n) is 9.03. The molecule has 1 heterocycles. The van der Waals surface area contributed by atoms with Crippen LogP contribution in [0.1, 0.15) is 39.9 Å². The van der Waals surface area contributed by atoms with E-state index in [4.69, 9.17) is 4.98 Å². The van der Waals surface area contributed by atoms with Crippen LogP contribution in [0.4, 0.5) is 5.13 Å². The quantitative estimate of drug-likeness (QED) is 0.331. The number of nitrogens with zero attached hydrogens (tertiary/aromatic N) is 3. The minimum absolute atomic E-state index is 0.0774. The van der Waals surface area contributed by atoms with Crippen molar-refractivity contribution in [3.05, 3.63) is 89.0 Å². The van der Waals surface area contributed by atoms with Crippen molar-refractivity contribution in [2.24, 2.45) is 0 Å². The fourth-order valence-corrected chi connectivity index (χ4v) is 6.61. The third-order valence-corrected chi connectivity index (χ3v) is 9.57. The molecule has 1 amide bonds. The van der Waals surface area contributed by atoms with Gasteiger partial charge in [-0.3, -0.25) is 9.69 Å². The van der Waals surface area contributed by atoms with Crippen LogP contribution in [0.2, 0.25) is 0 Å². The Hall–Kier alpha value is -3.07. The van der Waals surface area contributed by atoms with E-state index in [1.807, 2.05) is 50.2 Å². The molecule has 0 unspecified atom stereocenters. The van der Waals surface area contributed by atoms with Gasteiger partial charge in [-0.05, 0) is 67.6 Å². The number of hydrogen-bond acceptors (Lipinski definition) is 5. The highest BCUT2D eigenvalue weighted by Crippen LogP contribution is 2.35. The Labute approximate surface area is 209 Å². The number of amides is 1. The molecule has 0 spiro atoms. The first-order valence-electron chi connectivity index (χ1n) is 11.6. The van der Waals surface area contributed by atoms with Gasteiger partial charge in [0.15, 0.2) is 5.13 Å². The average Bonchev–Trinajstić information content (AvgIpc) is 3.62. The van der Waals surface area contributed by atoms with E-state index in [1.54, 1.807) is 24.1 Å². The lowest BCUT2D eigenvalue weighted by molar-refractivity contribution is 0.0985. The summed E-state index contributed by atoms with van der Waals surface area (Å²) in [6, 6.07) is 20.2. The summed E-state index contributed by atoms with van der Waals surface area (Å²) in [5.41, 5.74) is 4.49. The van der Waals surface area contributed by atoms with Gasteiger partial charge in [-0.25, -0.2) is 13.4 Å². The SMILES string of the molecule is Cc1ccc(C)c2sc(N(Cc3ccccc3)C(=O)c3ccc(S(=O)(=O)N(C)C4CC4)cc3)nc12. The number of hydrogen-bond donors (Lipinski definition) is 0. The Morgan fingerprint density at radius 3 is 2.26 bits per heavy atom. The maximum atomic E-state index is 13.7. The van der Waals surface area contributed by atoms with Crippen molar-refractivity contribution in [2.45, 2.75) is 44.2 Å². The van der Waals surface area contributed by atoms with Crippen molar-refractivity contribution < 1.29 is 13.2 Å². The molecule has 35 heavy (non-hydrogen) atoms. The summed E-state index contributed by atoms with van der Waals surface area (Å²) >= 11 is 1.50. The highest BCUT2D eigenvalue weighted by molar-refractivity contribution is 7.89. The zero-order valence-corrected chi connectivity index (χ0v) is 21.6. The normalized spacial score (nSPS) is 13.9. The van der Waals surface area contributed by atoms with Crippen LogP contribution in [0.25, 0.3) is 10.2 Å². The van der Waals surface area contributed by atoms with Crippen LogP contribution >= 0.6 is 11.3 Å². The maximum Gasteiger partial charge on any atom is 0.260 e. The predicted molar refractivity (Wildman–Crippen MR) is 140 cm³/mol. The molecule has 180 valence electrons. The fourth-order valence-electron chi connectivity index (χ4n) is 4.08. The number of thiazole rings is 1. The molecule has 0 radical (unpaired) electrons. The zero-order valence-electron chi connectivity index (χ0n) is 19.9. The van der Waals surface area contributed by atoms with E-state index in [9.17, 15) is 13.2 Å². The third kappa shape index (κ3) is 4.61. The van der Waals surface area contributed by atoms with E-state index in [0.717, 1.165) is 39.7 Å². The lowest BCUT2D eigenvalue weighted by Gasteiger charge is -2.21. The third-order valence-electron chi connectivity index (χ3n) is 6.43. The van der Waals surface area contributed by atoms with Gasteiger partial charge in [-0.2, -0.15) is 4.31 Å². The minimum Gasteiger partial charge on any atom is -0.279 e. The average molecular weight is 506 g/mol. The van der Waals surface area contributed by atoms with Crippen molar-refractivity contribution in [3.63, 3.8) is 0 Å². The number of carbonyl (C=O) groups excluding carboxylic acids is 1. The molecule has 5 rings (SSSR count). The number of benzene rings is 3. The molecule has 1 aliphatic rings. The van der Waals surface area contributed by atoms with Gasteiger partial charge in [-0.15, -0.1) is 0 Å². The van der Waals surface area contributed by atoms with Crippen LogP contribution in [0.5, 0.6) is 0 Å². The minimum atomic E-state index is -3.57. The van der Waals surface area contributed by atoms with E-state index in [2.05, 4.69) is 6.07 Å². The summed E-state index contributed by atoms with van der Waals surface area (Å²) in [7, 11) is -1.95. The molecule has 1 fully saturated rings. The van der Waals surface area contributed by atoms with Gasteiger partial charge < -0.3 is 0 Å². The topological polar surface area (TPSA) is 70.6 Å². The molecule has 1 saturated carbocycles. The Balaban J connectivity index is 1.51. The van der Waals surface area contributed by atoms with Crippen molar-refractivity contribution in [1.82, 2.24) is 9.29 Å². The van der Waals surface area contributed by atoms with E-state index < -0.39 is 10.0 Å².